The van der Waals surface area contributed by atoms with Gasteiger partial charge in [0.2, 0.25) is 17.6 Å². The molecule has 1 saturated heterocycles. The number of Topliss-reactive ketones (excluding diaryl/α,β-unsaturated/α-hetero) is 1. The second-order valence-corrected chi connectivity index (χ2v) is 20.7. The molecular weight excluding hydrogens is 646 g/mol. The van der Waals surface area contributed by atoms with Crippen LogP contribution < -0.4 is 21.7 Å². The lowest BCUT2D eigenvalue weighted by Crippen LogP contribution is -2.64. The Kier molecular flexibility index (Phi) is 10.3. The SMILES string of the molecule is CC(C)(C)[C@H](NC(=O)NC1(CS(=O)(=O)C(C)(C)C)CCCCC1)C(=O)N1CC2C(C1C(=O)NC(CC1CCC1)C(=O)C(N)=O)C21CCCC1. The smallest absolute Gasteiger partial charge is 0.315 e. The largest absolute Gasteiger partial charge is 0.363 e. The summed E-state index contributed by atoms with van der Waals surface area (Å²) >= 11 is 0. The van der Waals surface area contributed by atoms with E-state index in [1.165, 1.54) is 0 Å². The molecule has 4 aliphatic carbocycles. The Morgan fingerprint density at radius 2 is 1.45 bits per heavy atom. The van der Waals surface area contributed by atoms with Gasteiger partial charge in [-0.3, -0.25) is 19.2 Å². The molecule has 49 heavy (non-hydrogen) atoms. The quantitative estimate of drug-likeness (QED) is 0.238. The van der Waals surface area contributed by atoms with Crippen LogP contribution in [-0.4, -0.2) is 83.6 Å². The normalized spacial score (nSPS) is 27.4. The lowest BCUT2D eigenvalue weighted by atomic mass is 9.80. The molecule has 4 unspecified atom stereocenters. The molecule has 0 radical (unpaired) electrons. The molecule has 5 atom stereocenters. The van der Waals surface area contributed by atoms with E-state index in [2.05, 4.69) is 16.0 Å². The van der Waals surface area contributed by atoms with E-state index in [0.29, 0.717) is 25.8 Å². The second kappa shape index (κ2) is 13.5. The predicted molar refractivity (Wildman–Crippen MR) is 186 cm³/mol. The van der Waals surface area contributed by atoms with Gasteiger partial charge in [0.25, 0.3) is 5.91 Å². The molecule has 0 aromatic heterocycles. The van der Waals surface area contributed by atoms with Crippen molar-refractivity contribution in [3.05, 3.63) is 0 Å². The van der Waals surface area contributed by atoms with Gasteiger partial charge in [0.15, 0.2) is 9.84 Å². The molecule has 276 valence electrons. The third-order valence-electron chi connectivity index (χ3n) is 12.5. The zero-order chi connectivity index (χ0) is 36.2. The fourth-order valence-electron chi connectivity index (χ4n) is 9.29. The minimum Gasteiger partial charge on any atom is -0.363 e. The van der Waals surface area contributed by atoms with E-state index < -0.39 is 67.3 Å². The highest BCUT2D eigenvalue weighted by atomic mass is 32.2. The molecule has 0 aromatic carbocycles. The van der Waals surface area contributed by atoms with Crippen LogP contribution in [0.4, 0.5) is 4.79 Å². The van der Waals surface area contributed by atoms with Crippen LogP contribution in [0.1, 0.15) is 125 Å². The van der Waals surface area contributed by atoms with E-state index in [-0.39, 0.29) is 34.8 Å². The molecule has 5 amide bonds. The van der Waals surface area contributed by atoms with Crippen molar-refractivity contribution in [1.82, 2.24) is 20.9 Å². The van der Waals surface area contributed by atoms with E-state index in [9.17, 15) is 32.4 Å². The number of nitrogens with zero attached hydrogens (tertiary/aromatic N) is 1. The number of nitrogens with two attached hydrogens (primary N) is 1. The number of hydrogen-bond donors (Lipinski definition) is 4. The Morgan fingerprint density at radius 3 is 1.96 bits per heavy atom. The van der Waals surface area contributed by atoms with Crippen molar-refractivity contribution in [2.75, 3.05) is 12.3 Å². The summed E-state index contributed by atoms with van der Waals surface area (Å²) in [5.41, 5.74) is 3.68. The monoisotopic (exact) mass is 705 g/mol. The van der Waals surface area contributed by atoms with Crippen molar-refractivity contribution in [2.24, 2.45) is 34.3 Å². The van der Waals surface area contributed by atoms with Crippen molar-refractivity contribution in [3.8, 4) is 0 Å². The van der Waals surface area contributed by atoms with Gasteiger partial charge in [0.1, 0.15) is 12.1 Å². The highest BCUT2D eigenvalue weighted by Crippen LogP contribution is 2.72. The van der Waals surface area contributed by atoms with Gasteiger partial charge in [0, 0.05) is 6.54 Å². The van der Waals surface area contributed by atoms with Gasteiger partial charge in [-0.05, 0) is 81.5 Å². The molecule has 5 fully saturated rings. The van der Waals surface area contributed by atoms with Gasteiger partial charge in [-0.25, -0.2) is 13.2 Å². The highest BCUT2D eigenvalue weighted by molar-refractivity contribution is 7.92. The molecule has 5 N–H and O–H groups in total. The summed E-state index contributed by atoms with van der Waals surface area (Å²) in [6.45, 7) is 10.9. The number of primary amides is 1. The summed E-state index contributed by atoms with van der Waals surface area (Å²) in [4.78, 5) is 69.0. The van der Waals surface area contributed by atoms with Crippen LogP contribution in [0.2, 0.25) is 0 Å². The van der Waals surface area contributed by atoms with Gasteiger partial charge >= 0.3 is 6.03 Å². The van der Waals surface area contributed by atoms with Crippen molar-refractivity contribution < 1.29 is 32.4 Å². The predicted octanol–water partition coefficient (Wildman–Crippen LogP) is 3.36. The summed E-state index contributed by atoms with van der Waals surface area (Å²) in [5.74, 6) is -2.62. The molecule has 1 spiro atoms. The number of amides is 5. The summed E-state index contributed by atoms with van der Waals surface area (Å²) in [5, 5.41) is 8.79. The number of sulfone groups is 1. The number of urea groups is 1. The molecule has 1 aliphatic heterocycles. The van der Waals surface area contributed by atoms with Crippen molar-refractivity contribution in [3.63, 3.8) is 0 Å². The van der Waals surface area contributed by atoms with Crippen LogP contribution in [0.3, 0.4) is 0 Å². The van der Waals surface area contributed by atoms with Gasteiger partial charge in [0.05, 0.1) is 22.1 Å². The standard InChI is InChI=1S/C36H59N5O7S/c1-33(2,3)28(39-32(46)40-35(15-8-7-9-16-35)21-49(47,48)34(4,5)6)31(45)41-20-23-25(36(23)17-10-11-18-36)26(41)30(44)38-24(27(42)29(37)43)19-22-13-12-14-22/h22-26,28H,7-21H2,1-6H3,(H2,37,43)(H,38,44)(H2,39,40,46)/t23?,24?,25?,26?,28-/m1/s1. The van der Waals surface area contributed by atoms with Crippen LogP contribution in [-0.2, 0) is 29.0 Å². The molecular formula is C36H59N5O7S. The summed E-state index contributed by atoms with van der Waals surface area (Å²) in [6.07, 6.45) is 10.9. The lowest BCUT2D eigenvalue weighted by Gasteiger charge is -2.41. The average Bonchev–Trinajstić information content (AvgIpc) is 3.29. The van der Waals surface area contributed by atoms with Crippen LogP contribution >= 0.6 is 0 Å². The van der Waals surface area contributed by atoms with Gasteiger partial charge in [-0.15, -0.1) is 0 Å². The number of hydrogen-bond acceptors (Lipinski definition) is 7. The number of fused-ring (bicyclic) bond motifs is 3. The second-order valence-electron chi connectivity index (χ2n) is 17.9. The summed E-state index contributed by atoms with van der Waals surface area (Å²) in [7, 11) is -3.56. The minimum atomic E-state index is -3.56. The fourth-order valence-corrected chi connectivity index (χ4v) is 10.8. The molecule has 0 bridgehead atoms. The first-order valence-corrected chi connectivity index (χ1v) is 20.1. The molecule has 5 rings (SSSR count). The zero-order valence-electron chi connectivity index (χ0n) is 30.4. The number of piperidine rings is 1. The molecule has 13 heteroatoms. The first kappa shape index (κ1) is 37.6. The summed E-state index contributed by atoms with van der Waals surface area (Å²) < 4.78 is 25.7. The summed E-state index contributed by atoms with van der Waals surface area (Å²) in [6, 6.07) is -3.50. The molecule has 5 aliphatic rings. The third kappa shape index (κ3) is 7.52. The first-order valence-electron chi connectivity index (χ1n) is 18.5. The maximum Gasteiger partial charge on any atom is 0.315 e. The fraction of sp³-hybridized carbons (Fsp3) is 0.861. The van der Waals surface area contributed by atoms with E-state index in [1.54, 1.807) is 25.7 Å². The molecule has 4 saturated carbocycles. The van der Waals surface area contributed by atoms with Crippen LogP contribution in [0.25, 0.3) is 0 Å². The van der Waals surface area contributed by atoms with Crippen molar-refractivity contribution >= 4 is 39.4 Å². The molecule has 12 nitrogen and oxygen atoms in total. The lowest BCUT2D eigenvalue weighted by molar-refractivity contribution is -0.145. The van der Waals surface area contributed by atoms with Crippen molar-refractivity contribution in [2.45, 2.75) is 153 Å². The Balaban J connectivity index is 1.37. The van der Waals surface area contributed by atoms with Gasteiger partial charge in [-0.2, -0.15) is 0 Å². The van der Waals surface area contributed by atoms with E-state index in [0.717, 1.165) is 64.2 Å². The maximum absolute atomic E-state index is 14.6. The zero-order valence-corrected chi connectivity index (χ0v) is 31.2. The minimum absolute atomic E-state index is 0.0100. The number of rotatable bonds is 11. The van der Waals surface area contributed by atoms with Gasteiger partial charge < -0.3 is 26.6 Å². The molecule has 1 heterocycles. The Morgan fingerprint density at radius 1 is 0.857 bits per heavy atom. The number of nitrogens with one attached hydrogen (secondary N) is 3. The van der Waals surface area contributed by atoms with E-state index in [1.807, 2.05) is 20.8 Å². The van der Waals surface area contributed by atoms with Crippen LogP contribution in [0.5, 0.6) is 0 Å². The Hall–Kier alpha value is -2.70. The third-order valence-corrected chi connectivity index (χ3v) is 15.3. The molecule has 0 aromatic rings. The topological polar surface area (TPSA) is 185 Å². The first-order chi connectivity index (χ1) is 22.7. The maximum atomic E-state index is 14.6. The van der Waals surface area contributed by atoms with Crippen molar-refractivity contribution in [1.29, 1.82) is 0 Å². The van der Waals surface area contributed by atoms with E-state index in [4.69, 9.17) is 5.73 Å². The number of ketones is 1. The Labute approximate surface area is 292 Å². The number of carbonyl (C=O) groups excluding carboxylic acids is 5. The average molecular weight is 706 g/mol. The Bertz CT molecular complexity index is 1430. The number of carbonyl (C=O) groups is 5. The van der Waals surface area contributed by atoms with Crippen LogP contribution in [0, 0.1) is 28.6 Å². The van der Waals surface area contributed by atoms with E-state index >= 15 is 0 Å². The number of likely N-dealkylation sites (tertiary alicyclic amines) is 1. The highest BCUT2D eigenvalue weighted by Gasteiger charge is 2.74. The van der Waals surface area contributed by atoms with Crippen LogP contribution in [0.15, 0.2) is 0 Å². The van der Waals surface area contributed by atoms with Gasteiger partial charge in [-0.1, -0.05) is 72.1 Å².